The number of carbonyl (C=O) groups excluding carboxylic acids is 1. The Morgan fingerprint density at radius 3 is 2.53 bits per heavy atom. The Kier molecular flexibility index (Phi) is 5.37. The van der Waals surface area contributed by atoms with Gasteiger partial charge in [-0.05, 0) is 42.3 Å². The first-order valence-electron chi connectivity index (χ1n) is 9.55. The van der Waals surface area contributed by atoms with Crippen molar-refractivity contribution in [2.24, 2.45) is 7.05 Å². The van der Waals surface area contributed by atoms with Crippen molar-refractivity contribution in [1.29, 1.82) is 0 Å². The lowest BCUT2D eigenvalue weighted by molar-refractivity contribution is 0.103. The third-order valence-corrected chi connectivity index (χ3v) is 6.24. The van der Waals surface area contributed by atoms with Gasteiger partial charge in [-0.1, -0.05) is 30.3 Å². The predicted octanol–water partition coefficient (Wildman–Crippen LogP) is 4.19. The van der Waals surface area contributed by atoms with E-state index in [1.54, 1.807) is 14.0 Å². The second kappa shape index (κ2) is 8.12. The highest BCUT2D eigenvalue weighted by Gasteiger charge is 2.19. The van der Waals surface area contributed by atoms with Gasteiger partial charge < -0.3 is 14.8 Å². The predicted molar refractivity (Wildman–Crippen MR) is 123 cm³/mol. The third kappa shape index (κ3) is 3.84. The van der Waals surface area contributed by atoms with Gasteiger partial charge in [-0.25, -0.2) is 4.98 Å². The number of nitrogens with one attached hydrogen (secondary N) is 1. The molecule has 0 saturated heterocycles. The number of carbonyl (C=O) groups is 1. The third-order valence-electron chi connectivity index (χ3n) is 5.05. The van der Waals surface area contributed by atoms with E-state index in [0.29, 0.717) is 26.3 Å². The van der Waals surface area contributed by atoms with E-state index in [1.165, 1.54) is 27.8 Å². The molecule has 0 radical (unpaired) electrons. The summed E-state index contributed by atoms with van der Waals surface area (Å²) in [5.74, 6) is -0.233. The summed E-state index contributed by atoms with van der Waals surface area (Å²) < 4.78 is 1.43. The van der Waals surface area contributed by atoms with Gasteiger partial charge in [-0.15, -0.1) is 11.3 Å². The van der Waals surface area contributed by atoms with Crippen molar-refractivity contribution in [2.45, 2.75) is 13.5 Å². The molecule has 2 aromatic carbocycles. The molecule has 0 spiro atoms. The number of benzene rings is 2. The normalized spacial score (nSPS) is 10.9. The van der Waals surface area contributed by atoms with Gasteiger partial charge in [-0.3, -0.25) is 9.59 Å². The molecule has 0 aliphatic rings. The molecule has 0 aliphatic carbocycles. The summed E-state index contributed by atoms with van der Waals surface area (Å²) in [5.41, 5.74) is 3.52. The summed E-state index contributed by atoms with van der Waals surface area (Å²) in [6, 6.07) is 18.0. The Morgan fingerprint density at radius 1 is 1.13 bits per heavy atom. The first-order chi connectivity index (χ1) is 14.4. The fourth-order valence-electron chi connectivity index (χ4n) is 3.36. The highest BCUT2D eigenvalue weighted by Crippen LogP contribution is 2.28. The maximum absolute atomic E-state index is 12.8. The Bertz CT molecular complexity index is 1260. The molecule has 0 atom stereocenters. The monoisotopic (exact) mass is 418 g/mol. The first kappa shape index (κ1) is 19.8. The quantitative estimate of drug-likeness (QED) is 0.528. The van der Waals surface area contributed by atoms with Gasteiger partial charge in [-0.2, -0.15) is 0 Å². The molecule has 2 aromatic heterocycles. The Labute approximate surface area is 178 Å². The number of amides is 1. The summed E-state index contributed by atoms with van der Waals surface area (Å²) in [7, 11) is 3.69. The summed E-state index contributed by atoms with van der Waals surface area (Å²) in [6.45, 7) is 2.59. The first-order valence-corrected chi connectivity index (χ1v) is 10.4. The minimum absolute atomic E-state index is 0.140. The average Bonchev–Trinajstić information content (AvgIpc) is 3.09. The van der Waals surface area contributed by atoms with Crippen LogP contribution in [0.3, 0.4) is 0 Å². The van der Waals surface area contributed by atoms with Crippen LogP contribution in [0.2, 0.25) is 0 Å². The van der Waals surface area contributed by atoms with Crippen LogP contribution in [0.1, 0.15) is 20.8 Å². The van der Waals surface area contributed by atoms with Gasteiger partial charge in [0.2, 0.25) is 0 Å². The van der Waals surface area contributed by atoms with Gasteiger partial charge in [0.1, 0.15) is 4.83 Å². The topological polar surface area (TPSA) is 67.2 Å². The molecule has 0 unspecified atom stereocenters. The van der Waals surface area contributed by atoms with Crippen molar-refractivity contribution >= 4 is 38.8 Å². The number of aryl methyl sites for hydroxylation is 2. The second-order valence-electron chi connectivity index (χ2n) is 7.24. The van der Waals surface area contributed by atoms with Crippen molar-refractivity contribution in [2.75, 3.05) is 17.3 Å². The van der Waals surface area contributed by atoms with Crippen LogP contribution in [0, 0.1) is 6.92 Å². The Morgan fingerprint density at radius 2 is 1.83 bits per heavy atom. The van der Waals surface area contributed by atoms with Gasteiger partial charge in [0, 0.05) is 32.0 Å². The summed E-state index contributed by atoms with van der Waals surface area (Å²) in [6.07, 6.45) is 1.48. The smallest absolute Gasteiger partial charge is 0.266 e. The molecule has 0 aliphatic heterocycles. The molecule has 2 heterocycles. The molecule has 1 amide bonds. The van der Waals surface area contributed by atoms with E-state index in [-0.39, 0.29) is 11.5 Å². The van der Waals surface area contributed by atoms with Crippen LogP contribution in [-0.4, -0.2) is 22.5 Å². The Hall–Kier alpha value is -3.45. The minimum Gasteiger partial charge on any atom is -0.370 e. The fourth-order valence-corrected chi connectivity index (χ4v) is 4.40. The van der Waals surface area contributed by atoms with Crippen molar-refractivity contribution in [3.63, 3.8) is 0 Å². The number of rotatable bonds is 5. The molecule has 7 heteroatoms. The number of fused-ring (bicyclic) bond motifs is 1. The molecular weight excluding hydrogens is 396 g/mol. The average molecular weight is 419 g/mol. The molecule has 4 rings (SSSR count). The molecule has 1 N–H and O–H groups in total. The molecular formula is C23H22N4O2S. The second-order valence-corrected chi connectivity index (χ2v) is 8.24. The lowest BCUT2D eigenvalue weighted by Crippen LogP contribution is -2.17. The van der Waals surface area contributed by atoms with E-state index in [1.807, 2.05) is 49.5 Å². The van der Waals surface area contributed by atoms with Gasteiger partial charge >= 0.3 is 0 Å². The number of anilines is 2. The van der Waals surface area contributed by atoms with E-state index < -0.39 is 0 Å². The number of hydrogen-bond acceptors (Lipinski definition) is 5. The highest BCUT2D eigenvalue weighted by atomic mass is 32.1. The molecule has 152 valence electrons. The minimum atomic E-state index is -0.233. The van der Waals surface area contributed by atoms with Crippen LogP contribution in [0.25, 0.3) is 10.2 Å². The van der Waals surface area contributed by atoms with Crippen molar-refractivity contribution < 1.29 is 4.79 Å². The lowest BCUT2D eigenvalue weighted by atomic mass is 10.2. The van der Waals surface area contributed by atoms with Gasteiger partial charge in [0.15, 0.2) is 0 Å². The number of nitrogens with zero attached hydrogens (tertiary/aromatic N) is 3. The zero-order valence-electron chi connectivity index (χ0n) is 17.0. The molecule has 6 nitrogen and oxygen atoms in total. The van der Waals surface area contributed by atoms with Gasteiger partial charge in [0.25, 0.3) is 11.5 Å². The van der Waals surface area contributed by atoms with Crippen LogP contribution in [-0.2, 0) is 13.6 Å². The summed E-state index contributed by atoms with van der Waals surface area (Å²) in [5, 5.41) is 3.43. The Balaban J connectivity index is 1.50. The lowest BCUT2D eigenvalue weighted by Gasteiger charge is -2.19. The van der Waals surface area contributed by atoms with Gasteiger partial charge in [0.05, 0.1) is 16.6 Å². The van der Waals surface area contributed by atoms with E-state index in [2.05, 4.69) is 27.3 Å². The maximum atomic E-state index is 12.8. The fraction of sp³-hybridized carbons (Fsp3) is 0.174. The van der Waals surface area contributed by atoms with Crippen molar-refractivity contribution in [3.8, 4) is 0 Å². The molecule has 0 bridgehead atoms. The van der Waals surface area contributed by atoms with Crippen molar-refractivity contribution in [1.82, 2.24) is 9.55 Å². The molecule has 30 heavy (non-hydrogen) atoms. The number of hydrogen-bond donors (Lipinski definition) is 1. The number of thiophene rings is 1. The summed E-state index contributed by atoms with van der Waals surface area (Å²) >= 11 is 1.24. The standard InChI is InChI=1S/C23H22N4O2S/c1-15-19-22(24-14-27(3)23(19)29)30-20(15)21(28)25-17-9-11-18(12-10-17)26(2)13-16-7-5-4-6-8-16/h4-12,14H,13H2,1-3H3,(H,25,28). The maximum Gasteiger partial charge on any atom is 0.266 e. The van der Waals surface area contributed by atoms with E-state index in [0.717, 1.165) is 12.2 Å². The molecule has 0 saturated carbocycles. The zero-order chi connectivity index (χ0) is 21.3. The SMILES string of the molecule is Cc1c(C(=O)Nc2ccc(N(C)Cc3ccccc3)cc2)sc2ncn(C)c(=O)c12. The number of aromatic nitrogens is 2. The van der Waals surface area contributed by atoms with Crippen LogP contribution < -0.4 is 15.8 Å². The van der Waals surface area contributed by atoms with Crippen molar-refractivity contribution in [3.05, 3.63) is 87.3 Å². The van der Waals surface area contributed by atoms with E-state index in [4.69, 9.17) is 0 Å². The van der Waals surface area contributed by atoms with Crippen LogP contribution >= 0.6 is 11.3 Å². The van der Waals surface area contributed by atoms with Crippen LogP contribution in [0.15, 0.2) is 65.7 Å². The zero-order valence-corrected chi connectivity index (χ0v) is 17.9. The van der Waals surface area contributed by atoms with Crippen LogP contribution in [0.4, 0.5) is 11.4 Å². The molecule has 4 aromatic rings. The van der Waals surface area contributed by atoms with Crippen LogP contribution in [0.5, 0.6) is 0 Å². The highest BCUT2D eigenvalue weighted by molar-refractivity contribution is 7.20. The van der Waals surface area contributed by atoms with E-state index in [9.17, 15) is 9.59 Å². The molecule has 0 fully saturated rings. The summed E-state index contributed by atoms with van der Waals surface area (Å²) in [4.78, 5) is 32.7. The largest absolute Gasteiger partial charge is 0.370 e. The van der Waals surface area contributed by atoms with E-state index >= 15 is 0 Å².